The van der Waals surface area contributed by atoms with Crippen LogP contribution in [-0.2, 0) is 0 Å². The lowest BCUT2D eigenvalue weighted by Crippen LogP contribution is -2.14. The molecule has 0 saturated carbocycles. The largest absolute Gasteiger partial charge is 0.494 e. The van der Waals surface area contributed by atoms with Crippen LogP contribution in [0.25, 0.3) is 0 Å². The Morgan fingerprint density at radius 1 is 1.16 bits per heavy atom. The van der Waals surface area contributed by atoms with Crippen LogP contribution in [0.5, 0.6) is 5.75 Å². The predicted molar refractivity (Wildman–Crippen MR) is 73.1 cm³/mol. The Morgan fingerprint density at radius 3 is 2.47 bits per heavy atom. The Labute approximate surface area is 118 Å². The van der Waals surface area contributed by atoms with E-state index in [2.05, 4.69) is 15.9 Å². The minimum atomic E-state index is -0.754. The third kappa shape index (κ3) is 2.77. The van der Waals surface area contributed by atoms with E-state index >= 15 is 0 Å². The van der Waals surface area contributed by atoms with Crippen molar-refractivity contribution in [1.82, 2.24) is 0 Å². The molecule has 0 saturated heterocycles. The number of halogens is 3. The van der Waals surface area contributed by atoms with Gasteiger partial charge >= 0.3 is 0 Å². The van der Waals surface area contributed by atoms with Gasteiger partial charge in [0.1, 0.15) is 5.82 Å². The summed E-state index contributed by atoms with van der Waals surface area (Å²) in [4.78, 5) is 0. The lowest BCUT2D eigenvalue weighted by Gasteiger charge is -2.16. The molecule has 0 aliphatic heterocycles. The summed E-state index contributed by atoms with van der Waals surface area (Å²) in [5.74, 6) is -0.829. The minimum Gasteiger partial charge on any atom is -0.494 e. The van der Waals surface area contributed by atoms with Gasteiger partial charge in [-0.1, -0.05) is 28.1 Å². The molecule has 2 rings (SSSR count). The Hall–Kier alpha value is -1.46. The van der Waals surface area contributed by atoms with Crippen molar-refractivity contribution in [3.05, 3.63) is 63.6 Å². The van der Waals surface area contributed by atoms with Crippen LogP contribution in [-0.4, -0.2) is 7.11 Å². The van der Waals surface area contributed by atoms with Crippen molar-refractivity contribution in [2.45, 2.75) is 6.04 Å². The van der Waals surface area contributed by atoms with E-state index in [0.29, 0.717) is 15.6 Å². The summed E-state index contributed by atoms with van der Waals surface area (Å²) >= 11 is 3.25. The standard InChI is InChI=1S/C14H12BrF2NO/c1-19-12-6-5-8(7-11(12)17)14(18)13-9(15)3-2-4-10(13)16/h2-7,14H,18H2,1H3. The normalized spacial score (nSPS) is 12.3. The number of hydrogen-bond acceptors (Lipinski definition) is 2. The van der Waals surface area contributed by atoms with Gasteiger partial charge in [-0.3, -0.25) is 0 Å². The molecule has 0 aliphatic rings. The molecule has 2 N–H and O–H groups in total. The lowest BCUT2D eigenvalue weighted by molar-refractivity contribution is 0.386. The highest BCUT2D eigenvalue weighted by molar-refractivity contribution is 9.10. The van der Waals surface area contributed by atoms with Crippen molar-refractivity contribution in [3.8, 4) is 5.75 Å². The maximum atomic E-state index is 13.8. The summed E-state index contributed by atoms with van der Waals surface area (Å²) in [7, 11) is 1.38. The van der Waals surface area contributed by atoms with Crippen LogP contribution in [0.1, 0.15) is 17.2 Å². The second-order valence-electron chi connectivity index (χ2n) is 4.01. The zero-order valence-electron chi connectivity index (χ0n) is 10.2. The summed E-state index contributed by atoms with van der Waals surface area (Å²) in [6.45, 7) is 0. The summed E-state index contributed by atoms with van der Waals surface area (Å²) in [5.41, 5.74) is 6.78. The van der Waals surface area contributed by atoms with E-state index in [4.69, 9.17) is 10.5 Å². The van der Waals surface area contributed by atoms with Crippen molar-refractivity contribution in [2.75, 3.05) is 7.11 Å². The smallest absolute Gasteiger partial charge is 0.165 e. The van der Waals surface area contributed by atoms with Crippen molar-refractivity contribution in [1.29, 1.82) is 0 Å². The second kappa shape index (κ2) is 5.67. The van der Waals surface area contributed by atoms with Gasteiger partial charge < -0.3 is 10.5 Å². The molecule has 0 aliphatic carbocycles. The molecule has 0 bridgehead atoms. The molecule has 0 fully saturated rings. The van der Waals surface area contributed by atoms with Gasteiger partial charge in [-0.2, -0.15) is 0 Å². The van der Waals surface area contributed by atoms with E-state index in [9.17, 15) is 8.78 Å². The SMILES string of the molecule is COc1ccc(C(N)c2c(F)cccc2Br)cc1F. The number of nitrogens with two attached hydrogens (primary N) is 1. The first-order valence-corrected chi connectivity index (χ1v) is 6.37. The summed E-state index contributed by atoms with van der Waals surface area (Å²) in [6.07, 6.45) is 0. The van der Waals surface area contributed by atoms with Gasteiger partial charge in [0.05, 0.1) is 13.2 Å². The Kier molecular flexibility index (Phi) is 4.17. The van der Waals surface area contributed by atoms with Crippen molar-refractivity contribution < 1.29 is 13.5 Å². The second-order valence-corrected chi connectivity index (χ2v) is 4.86. The fourth-order valence-electron chi connectivity index (χ4n) is 1.85. The quantitative estimate of drug-likeness (QED) is 0.931. The van der Waals surface area contributed by atoms with Gasteiger partial charge in [-0.05, 0) is 29.8 Å². The van der Waals surface area contributed by atoms with E-state index in [-0.39, 0.29) is 5.75 Å². The lowest BCUT2D eigenvalue weighted by atomic mass is 9.99. The monoisotopic (exact) mass is 327 g/mol. The highest BCUT2D eigenvalue weighted by Crippen LogP contribution is 2.30. The average molecular weight is 328 g/mol. The van der Waals surface area contributed by atoms with Gasteiger partial charge in [-0.15, -0.1) is 0 Å². The number of hydrogen-bond donors (Lipinski definition) is 1. The fraction of sp³-hybridized carbons (Fsp3) is 0.143. The predicted octanol–water partition coefficient (Wildman–Crippen LogP) is 3.78. The molecule has 100 valence electrons. The molecule has 1 unspecified atom stereocenters. The van der Waals surface area contributed by atoms with Crippen molar-refractivity contribution in [2.24, 2.45) is 5.73 Å². The summed E-state index contributed by atoms with van der Waals surface area (Å²) in [6, 6.07) is 8.17. The molecule has 0 aromatic heterocycles. The topological polar surface area (TPSA) is 35.2 Å². The molecule has 0 radical (unpaired) electrons. The molecule has 1 atom stereocenters. The molecule has 0 spiro atoms. The van der Waals surface area contributed by atoms with E-state index in [1.165, 1.54) is 25.3 Å². The van der Waals surface area contributed by atoms with Crippen LogP contribution in [0.2, 0.25) is 0 Å². The first-order chi connectivity index (χ1) is 9.04. The summed E-state index contributed by atoms with van der Waals surface area (Å²) in [5, 5.41) is 0. The van der Waals surface area contributed by atoms with Crippen LogP contribution < -0.4 is 10.5 Å². The van der Waals surface area contributed by atoms with E-state index in [0.717, 1.165) is 0 Å². The van der Waals surface area contributed by atoms with Crippen LogP contribution in [0.15, 0.2) is 40.9 Å². The van der Waals surface area contributed by atoms with Gasteiger partial charge in [-0.25, -0.2) is 8.78 Å². The Bertz CT molecular complexity index is 584. The first kappa shape index (κ1) is 14.0. The highest BCUT2D eigenvalue weighted by Gasteiger charge is 2.18. The number of methoxy groups -OCH3 is 1. The zero-order valence-corrected chi connectivity index (χ0v) is 11.7. The van der Waals surface area contributed by atoms with Crippen LogP contribution in [0.4, 0.5) is 8.78 Å². The van der Waals surface area contributed by atoms with Crippen LogP contribution in [0.3, 0.4) is 0 Å². The van der Waals surface area contributed by atoms with Gasteiger partial charge in [0.15, 0.2) is 11.6 Å². The molecular formula is C14H12BrF2NO. The van der Waals surface area contributed by atoms with Gasteiger partial charge in [0.25, 0.3) is 0 Å². The molecule has 19 heavy (non-hydrogen) atoms. The maximum absolute atomic E-state index is 13.8. The van der Waals surface area contributed by atoms with E-state index < -0.39 is 17.7 Å². The third-order valence-corrected chi connectivity index (χ3v) is 3.54. The molecule has 2 aromatic rings. The number of rotatable bonds is 3. The zero-order chi connectivity index (χ0) is 14.0. The Morgan fingerprint density at radius 2 is 1.89 bits per heavy atom. The fourth-order valence-corrected chi connectivity index (χ4v) is 2.44. The third-order valence-electron chi connectivity index (χ3n) is 2.85. The molecule has 0 heterocycles. The van der Waals surface area contributed by atoms with E-state index in [1.54, 1.807) is 18.2 Å². The van der Waals surface area contributed by atoms with Crippen molar-refractivity contribution >= 4 is 15.9 Å². The first-order valence-electron chi connectivity index (χ1n) is 5.57. The molecule has 2 nitrogen and oxygen atoms in total. The highest BCUT2D eigenvalue weighted by atomic mass is 79.9. The van der Waals surface area contributed by atoms with Gasteiger partial charge in [0, 0.05) is 10.0 Å². The molecular weight excluding hydrogens is 316 g/mol. The van der Waals surface area contributed by atoms with E-state index in [1.807, 2.05) is 0 Å². The molecule has 0 amide bonds. The number of benzene rings is 2. The number of ether oxygens (including phenoxy) is 1. The van der Waals surface area contributed by atoms with Crippen LogP contribution >= 0.6 is 15.9 Å². The van der Waals surface area contributed by atoms with Gasteiger partial charge in [0.2, 0.25) is 0 Å². The molecule has 5 heteroatoms. The van der Waals surface area contributed by atoms with Crippen LogP contribution in [0, 0.1) is 11.6 Å². The summed E-state index contributed by atoms with van der Waals surface area (Å²) < 4.78 is 32.8. The van der Waals surface area contributed by atoms with Crippen molar-refractivity contribution in [3.63, 3.8) is 0 Å². The average Bonchev–Trinajstić information content (AvgIpc) is 2.38. The minimum absolute atomic E-state index is 0.128. The Balaban J connectivity index is 2.44. The molecule has 2 aromatic carbocycles. The maximum Gasteiger partial charge on any atom is 0.165 e.